The summed E-state index contributed by atoms with van der Waals surface area (Å²) in [5.41, 5.74) is 0.882. The second kappa shape index (κ2) is 6.30. The van der Waals surface area contributed by atoms with Crippen molar-refractivity contribution in [3.63, 3.8) is 0 Å². The first-order valence-corrected chi connectivity index (χ1v) is 9.64. The predicted octanol–water partition coefficient (Wildman–Crippen LogP) is 1.93. The van der Waals surface area contributed by atoms with Crippen molar-refractivity contribution in [2.45, 2.75) is 31.7 Å². The van der Waals surface area contributed by atoms with Crippen LogP contribution in [0.2, 0.25) is 0 Å². The fraction of sp³-hybridized carbons (Fsp3) is 0.625. The van der Waals surface area contributed by atoms with Crippen molar-refractivity contribution < 1.29 is 4.55 Å². The van der Waals surface area contributed by atoms with E-state index in [0.29, 0.717) is 12.0 Å². The molecule has 1 saturated heterocycles. The Balaban J connectivity index is 1.35. The number of hydrogen-bond acceptors (Lipinski definition) is 5. The van der Waals surface area contributed by atoms with Crippen LogP contribution in [0.4, 0.5) is 5.82 Å². The molecule has 2 aromatic rings. The molecule has 23 heavy (non-hydrogen) atoms. The summed E-state index contributed by atoms with van der Waals surface area (Å²) in [6, 6.07) is 2.52. The SMILES string of the molecule is CN(c1ncnc2[nH]ccc12)[C@H]1C[C@@H](C[S+]([O-])N2CCCC2)C1. The van der Waals surface area contributed by atoms with Gasteiger partial charge in [-0.3, -0.25) is 0 Å². The molecule has 1 aliphatic carbocycles. The topological polar surface area (TPSA) is 71.1 Å². The first-order chi connectivity index (χ1) is 11.2. The van der Waals surface area contributed by atoms with E-state index in [1.54, 1.807) is 6.33 Å². The molecule has 1 atom stereocenters. The normalized spacial score (nSPS) is 26.3. The average Bonchev–Trinajstić information content (AvgIpc) is 3.19. The lowest BCUT2D eigenvalue weighted by Crippen LogP contribution is -2.46. The number of aromatic nitrogens is 3. The molecule has 0 aromatic carbocycles. The van der Waals surface area contributed by atoms with Crippen LogP contribution in [0.5, 0.6) is 0 Å². The second-order valence-electron chi connectivity index (χ2n) is 6.66. The Hall–Kier alpha value is -1.31. The van der Waals surface area contributed by atoms with E-state index in [9.17, 15) is 4.55 Å². The summed E-state index contributed by atoms with van der Waals surface area (Å²) in [5.74, 6) is 2.39. The van der Waals surface area contributed by atoms with E-state index in [-0.39, 0.29) is 0 Å². The molecule has 1 aliphatic heterocycles. The highest BCUT2D eigenvalue weighted by atomic mass is 32.2. The van der Waals surface area contributed by atoms with Gasteiger partial charge in [0.25, 0.3) is 0 Å². The largest absolute Gasteiger partial charge is 0.598 e. The standard InChI is InChI=1S/C16H23N5OS/c1-20(16-14-4-5-17-15(14)18-11-19-16)13-8-12(9-13)10-23(22)21-6-2-3-7-21/h4-5,11-13H,2-3,6-10H2,1H3,(H,17,18,19)/t12-,13+,23?. The van der Waals surface area contributed by atoms with Crippen molar-refractivity contribution >= 4 is 28.2 Å². The Bertz CT molecular complexity index is 665. The third-order valence-corrected chi connectivity index (χ3v) is 6.85. The van der Waals surface area contributed by atoms with Gasteiger partial charge in [0.15, 0.2) is 0 Å². The fourth-order valence-corrected chi connectivity index (χ4v) is 5.22. The maximum absolute atomic E-state index is 12.3. The molecule has 124 valence electrons. The van der Waals surface area contributed by atoms with Gasteiger partial charge >= 0.3 is 0 Å². The van der Waals surface area contributed by atoms with Gasteiger partial charge in [0.05, 0.1) is 5.39 Å². The maximum Gasteiger partial charge on any atom is 0.142 e. The highest BCUT2D eigenvalue weighted by Crippen LogP contribution is 2.36. The molecule has 2 aliphatic rings. The van der Waals surface area contributed by atoms with Crippen LogP contribution in [0.1, 0.15) is 25.7 Å². The van der Waals surface area contributed by atoms with Crippen molar-refractivity contribution in [3.05, 3.63) is 18.6 Å². The van der Waals surface area contributed by atoms with E-state index in [4.69, 9.17) is 0 Å². The first kappa shape index (κ1) is 15.2. The number of hydrogen-bond donors (Lipinski definition) is 1. The Morgan fingerprint density at radius 3 is 2.91 bits per heavy atom. The van der Waals surface area contributed by atoms with Gasteiger partial charge in [0, 0.05) is 49.7 Å². The molecule has 6 nitrogen and oxygen atoms in total. The molecule has 1 N–H and O–H groups in total. The molecular formula is C16H23N5OS. The van der Waals surface area contributed by atoms with Gasteiger partial charge in [-0.2, -0.15) is 0 Å². The van der Waals surface area contributed by atoms with E-state index in [1.165, 1.54) is 12.8 Å². The molecule has 1 unspecified atom stereocenters. The molecule has 0 amide bonds. The molecule has 2 fully saturated rings. The van der Waals surface area contributed by atoms with E-state index in [1.807, 2.05) is 12.3 Å². The van der Waals surface area contributed by atoms with Crippen LogP contribution in [0.3, 0.4) is 0 Å². The Labute approximate surface area is 139 Å². The molecule has 0 spiro atoms. The summed E-state index contributed by atoms with van der Waals surface area (Å²) in [6.45, 7) is 2.02. The van der Waals surface area contributed by atoms with Crippen molar-refractivity contribution in [1.82, 2.24) is 19.3 Å². The lowest BCUT2D eigenvalue weighted by molar-refractivity contribution is 0.279. The van der Waals surface area contributed by atoms with E-state index in [0.717, 1.165) is 48.5 Å². The number of nitrogens with one attached hydrogen (secondary N) is 1. The van der Waals surface area contributed by atoms with Crippen LogP contribution in [-0.2, 0) is 11.4 Å². The van der Waals surface area contributed by atoms with Crippen LogP contribution in [-0.4, -0.2) is 55.7 Å². The van der Waals surface area contributed by atoms with Crippen LogP contribution < -0.4 is 4.90 Å². The minimum absolute atomic E-state index is 0.489. The Morgan fingerprint density at radius 1 is 1.35 bits per heavy atom. The number of nitrogens with zero attached hydrogens (tertiary/aromatic N) is 4. The van der Waals surface area contributed by atoms with Crippen molar-refractivity contribution in [3.8, 4) is 0 Å². The molecule has 4 rings (SSSR count). The van der Waals surface area contributed by atoms with Crippen molar-refractivity contribution in [2.24, 2.45) is 5.92 Å². The van der Waals surface area contributed by atoms with Gasteiger partial charge < -0.3 is 14.4 Å². The minimum atomic E-state index is -0.778. The summed E-state index contributed by atoms with van der Waals surface area (Å²) < 4.78 is 14.5. The third-order valence-electron chi connectivity index (χ3n) is 5.16. The van der Waals surface area contributed by atoms with Gasteiger partial charge in [0.1, 0.15) is 23.5 Å². The monoisotopic (exact) mass is 333 g/mol. The zero-order valence-electron chi connectivity index (χ0n) is 13.4. The molecular weight excluding hydrogens is 310 g/mol. The van der Waals surface area contributed by atoms with Gasteiger partial charge in [-0.15, -0.1) is 4.31 Å². The van der Waals surface area contributed by atoms with Gasteiger partial charge in [-0.05, 0) is 31.7 Å². The zero-order chi connectivity index (χ0) is 15.8. The van der Waals surface area contributed by atoms with Crippen LogP contribution in [0.15, 0.2) is 18.6 Å². The van der Waals surface area contributed by atoms with Crippen LogP contribution in [0, 0.1) is 5.92 Å². The highest BCUT2D eigenvalue weighted by Gasteiger charge is 2.38. The average molecular weight is 333 g/mol. The minimum Gasteiger partial charge on any atom is -0.598 e. The summed E-state index contributed by atoms with van der Waals surface area (Å²) in [6.07, 6.45) is 8.12. The maximum atomic E-state index is 12.3. The molecule has 0 bridgehead atoms. The van der Waals surface area contributed by atoms with Crippen LogP contribution in [0.25, 0.3) is 11.0 Å². The van der Waals surface area contributed by atoms with Gasteiger partial charge in [-0.1, -0.05) is 0 Å². The lowest BCUT2D eigenvalue weighted by Gasteiger charge is -2.41. The summed E-state index contributed by atoms with van der Waals surface area (Å²) in [7, 11) is 2.10. The number of rotatable bonds is 5. The number of H-pyrrole nitrogens is 1. The van der Waals surface area contributed by atoms with Gasteiger partial charge in [-0.25, -0.2) is 9.97 Å². The fourth-order valence-electron chi connectivity index (χ4n) is 3.66. The predicted molar refractivity (Wildman–Crippen MR) is 92.6 cm³/mol. The summed E-state index contributed by atoms with van der Waals surface area (Å²) >= 11 is -0.778. The summed E-state index contributed by atoms with van der Waals surface area (Å²) in [5, 5.41) is 1.07. The lowest BCUT2D eigenvalue weighted by atomic mass is 9.81. The van der Waals surface area contributed by atoms with E-state index >= 15 is 0 Å². The number of anilines is 1. The molecule has 7 heteroatoms. The van der Waals surface area contributed by atoms with Crippen molar-refractivity contribution in [2.75, 3.05) is 30.8 Å². The van der Waals surface area contributed by atoms with E-state index < -0.39 is 11.4 Å². The molecule has 0 radical (unpaired) electrons. The number of fused-ring (bicyclic) bond motifs is 1. The molecule has 1 saturated carbocycles. The quantitative estimate of drug-likeness (QED) is 0.847. The smallest absolute Gasteiger partial charge is 0.142 e. The Morgan fingerprint density at radius 2 is 2.13 bits per heavy atom. The van der Waals surface area contributed by atoms with Crippen LogP contribution >= 0.6 is 0 Å². The molecule has 3 heterocycles. The van der Waals surface area contributed by atoms with E-state index in [2.05, 4.69) is 31.2 Å². The van der Waals surface area contributed by atoms with Crippen molar-refractivity contribution in [1.29, 1.82) is 0 Å². The first-order valence-electron chi connectivity index (χ1n) is 8.36. The third kappa shape index (κ3) is 2.93. The van der Waals surface area contributed by atoms with Gasteiger partial charge in [0.2, 0.25) is 0 Å². The second-order valence-corrected chi connectivity index (χ2v) is 8.16. The Kier molecular flexibility index (Phi) is 4.17. The summed E-state index contributed by atoms with van der Waals surface area (Å²) in [4.78, 5) is 14.1. The molecule has 2 aromatic heterocycles. The number of aromatic amines is 1. The highest BCUT2D eigenvalue weighted by molar-refractivity contribution is 7.89. The zero-order valence-corrected chi connectivity index (χ0v) is 14.3.